The second-order valence-corrected chi connectivity index (χ2v) is 12.0. The number of carbonyl (C=O) groups is 1. The molecule has 5 nitrogen and oxygen atoms in total. The smallest absolute Gasteiger partial charge is 0.349 e. The van der Waals surface area contributed by atoms with Gasteiger partial charge in [0.25, 0.3) is 15.9 Å². The Balaban J connectivity index is 1.54. The molecule has 3 aliphatic carbocycles. The van der Waals surface area contributed by atoms with Crippen molar-refractivity contribution in [2.45, 2.75) is 62.6 Å². The Morgan fingerprint density at radius 2 is 1.62 bits per heavy atom. The summed E-state index contributed by atoms with van der Waals surface area (Å²) in [4.78, 5) is 12.8. The van der Waals surface area contributed by atoms with E-state index in [4.69, 9.17) is 0 Å². The first-order valence-corrected chi connectivity index (χ1v) is 12.4. The summed E-state index contributed by atoms with van der Waals surface area (Å²) in [6.45, 7) is 5.95. The zero-order valence-electron chi connectivity index (χ0n) is 19.0. The van der Waals surface area contributed by atoms with Gasteiger partial charge in [0.2, 0.25) is 0 Å². The number of carbonyl (C=O) groups excluding carboxylic acids is 1. The van der Waals surface area contributed by atoms with Crippen LogP contribution in [0.5, 0.6) is 0 Å². The minimum atomic E-state index is -4.33. The van der Waals surface area contributed by atoms with Gasteiger partial charge in [-0.3, -0.25) is 9.52 Å². The van der Waals surface area contributed by atoms with Gasteiger partial charge in [0.1, 0.15) is 5.82 Å². The van der Waals surface area contributed by atoms with E-state index in [1.54, 1.807) is 12.1 Å². The van der Waals surface area contributed by atoms with Crippen molar-refractivity contribution in [3.63, 3.8) is 0 Å². The molecule has 3 fully saturated rings. The highest BCUT2D eigenvalue weighted by Crippen LogP contribution is 2.65. The van der Waals surface area contributed by atoms with E-state index < -0.39 is 39.4 Å². The zero-order valence-corrected chi connectivity index (χ0v) is 19.8. The van der Waals surface area contributed by atoms with E-state index in [9.17, 15) is 30.8 Å². The first-order valence-electron chi connectivity index (χ1n) is 10.9. The Bertz CT molecular complexity index is 1210. The standard InChI is InChI=1S/C24H26F4N2O3S/c1-22(2,3)15-4-7-17(8-5-15)34(32,33)30-19-10-16(25)6-9-18(19)21(31)29-20-13-23(24(26,27)28)11-14(20)12-23/h4-10,14,20,30H,11-13H2,1-3H3,(H,29,31). The molecule has 2 N–H and O–H groups in total. The predicted octanol–water partition coefficient (Wildman–Crippen LogP) is 5.38. The summed E-state index contributed by atoms with van der Waals surface area (Å²) in [5.74, 6) is -1.81. The highest BCUT2D eigenvalue weighted by molar-refractivity contribution is 7.92. The second kappa shape index (κ2) is 7.96. The molecule has 0 aliphatic heterocycles. The van der Waals surface area contributed by atoms with Crippen LogP contribution in [0.2, 0.25) is 0 Å². The van der Waals surface area contributed by atoms with E-state index in [1.807, 2.05) is 20.8 Å². The number of rotatable bonds is 5. The van der Waals surface area contributed by atoms with Crippen LogP contribution in [0, 0.1) is 17.2 Å². The molecule has 1 atom stereocenters. The highest BCUT2D eigenvalue weighted by atomic mass is 32.2. The molecule has 34 heavy (non-hydrogen) atoms. The second-order valence-electron chi connectivity index (χ2n) is 10.3. The van der Waals surface area contributed by atoms with E-state index in [2.05, 4.69) is 10.0 Å². The van der Waals surface area contributed by atoms with E-state index in [0.29, 0.717) is 0 Å². The van der Waals surface area contributed by atoms with Gasteiger partial charge < -0.3 is 5.32 Å². The first-order chi connectivity index (χ1) is 15.6. The summed E-state index contributed by atoms with van der Waals surface area (Å²) in [6, 6.07) is 8.51. The van der Waals surface area contributed by atoms with Gasteiger partial charge in [-0.2, -0.15) is 13.2 Å². The van der Waals surface area contributed by atoms with Crippen LogP contribution in [0.3, 0.4) is 0 Å². The maximum absolute atomic E-state index is 13.9. The average Bonchev–Trinajstić information content (AvgIpc) is 3.22. The molecule has 184 valence electrons. The minimum absolute atomic E-state index is 0.0328. The van der Waals surface area contributed by atoms with Crippen LogP contribution >= 0.6 is 0 Å². The molecule has 0 aromatic heterocycles. The van der Waals surface area contributed by atoms with Crippen LogP contribution < -0.4 is 10.0 Å². The van der Waals surface area contributed by atoms with E-state index in [1.165, 1.54) is 12.1 Å². The van der Waals surface area contributed by atoms with Gasteiger partial charge in [-0.25, -0.2) is 12.8 Å². The summed E-state index contributed by atoms with van der Waals surface area (Å²) in [5.41, 5.74) is -1.48. The third-order valence-corrected chi connectivity index (χ3v) is 8.29. The summed E-state index contributed by atoms with van der Waals surface area (Å²) in [6.07, 6.45) is -4.61. The molecule has 2 aromatic carbocycles. The number of amides is 1. The Morgan fingerprint density at radius 1 is 1.00 bits per heavy atom. The van der Waals surface area contributed by atoms with Crippen molar-refractivity contribution >= 4 is 21.6 Å². The van der Waals surface area contributed by atoms with Crippen LogP contribution in [-0.4, -0.2) is 26.5 Å². The molecule has 0 spiro atoms. The van der Waals surface area contributed by atoms with Crippen molar-refractivity contribution in [2.24, 2.45) is 11.3 Å². The molecular weight excluding hydrogens is 472 g/mol. The molecule has 3 saturated carbocycles. The van der Waals surface area contributed by atoms with Crippen molar-refractivity contribution in [2.75, 3.05) is 4.72 Å². The number of fused-ring (bicyclic) bond motifs is 1. The lowest BCUT2D eigenvalue weighted by Gasteiger charge is -2.39. The van der Waals surface area contributed by atoms with E-state index in [-0.39, 0.29) is 46.7 Å². The number of anilines is 1. The monoisotopic (exact) mass is 498 g/mol. The van der Waals surface area contributed by atoms with Gasteiger partial charge >= 0.3 is 6.18 Å². The van der Waals surface area contributed by atoms with E-state index in [0.717, 1.165) is 23.8 Å². The molecule has 5 rings (SSSR count). The Morgan fingerprint density at radius 3 is 2.15 bits per heavy atom. The van der Waals surface area contributed by atoms with Gasteiger partial charge in [-0.15, -0.1) is 0 Å². The third-order valence-electron chi connectivity index (χ3n) is 6.90. The van der Waals surface area contributed by atoms with Crippen LogP contribution in [0.4, 0.5) is 23.2 Å². The van der Waals surface area contributed by atoms with Gasteiger partial charge in [0.05, 0.1) is 21.6 Å². The Labute approximate surface area is 196 Å². The van der Waals surface area contributed by atoms with Crippen molar-refractivity contribution in [3.05, 3.63) is 59.4 Å². The molecule has 3 aliphatic rings. The number of alkyl halides is 3. The van der Waals surface area contributed by atoms with Crippen LogP contribution in [0.1, 0.15) is 56.0 Å². The van der Waals surface area contributed by atoms with Crippen LogP contribution in [0.25, 0.3) is 0 Å². The van der Waals surface area contributed by atoms with Crippen LogP contribution in [-0.2, 0) is 15.4 Å². The van der Waals surface area contributed by atoms with Gasteiger partial charge in [-0.1, -0.05) is 32.9 Å². The molecule has 0 radical (unpaired) electrons. The lowest BCUT2D eigenvalue weighted by molar-refractivity contribution is -0.244. The van der Waals surface area contributed by atoms with Gasteiger partial charge in [0, 0.05) is 6.04 Å². The van der Waals surface area contributed by atoms with Gasteiger partial charge in [-0.05, 0) is 66.5 Å². The number of hydrogen-bond donors (Lipinski definition) is 2. The lowest BCUT2D eigenvalue weighted by atomic mass is 9.69. The van der Waals surface area contributed by atoms with Crippen molar-refractivity contribution in [1.82, 2.24) is 5.32 Å². The third kappa shape index (κ3) is 4.39. The van der Waals surface area contributed by atoms with Crippen LogP contribution in [0.15, 0.2) is 47.4 Å². The number of benzene rings is 2. The number of halogens is 4. The number of hydrogen-bond acceptors (Lipinski definition) is 3. The topological polar surface area (TPSA) is 75.3 Å². The fourth-order valence-electron chi connectivity index (χ4n) is 4.88. The summed E-state index contributed by atoms with van der Waals surface area (Å²) >= 11 is 0. The molecule has 2 aromatic rings. The SMILES string of the molecule is CC(C)(C)c1ccc(S(=O)(=O)Nc2cc(F)ccc2C(=O)NC2CC3(C(F)(F)F)CC2C3)cc1. The maximum Gasteiger partial charge on any atom is 0.394 e. The predicted molar refractivity (Wildman–Crippen MR) is 119 cm³/mol. The Hall–Kier alpha value is -2.62. The van der Waals surface area contributed by atoms with Crippen molar-refractivity contribution < 1.29 is 30.8 Å². The van der Waals surface area contributed by atoms with E-state index >= 15 is 0 Å². The lowest BCUT2D eigenvalue weighted by Crippen LogP contribution is -2.42. The first kappa shape index (κ1) is 24.5. The molecule has 1 unspecified atom stereocenters. The number of nitrogens with one attached hydrogen (secondary N) is 2. The van der Waals surface area contributed by atoms with Gasteiger partial charge in [0.15, 0.2) is 0 Å². The summed E-state index contributed by atoms with van der Waals surface area (Å²) < 4.78 is 82.0. The molecule has 2 bridgehead atoms. The van der Waals surface area contributed by atoms with Crippen molar-refractivity contribution in [1.29, 1.82) is 0 Å². The Kier molecular flexibility index (Phi) is 5.74. The quantitative estimate of drug-likeness (QED) is 0.543. The minimum Gasteiger partial charge on any atom is -0.349 e. The normalized spacial score (nSPS) is 24.4. The molecule has 0 saturated heterocycles. The maximum atomic E-state index is 13.9. The average molecular weight is 499 g/mol. The molecule has 10 heteroatoms. The fourth-order valence-corrected chi connectivity index (χ4v) is 5.95. The van der Waals surface area contributed by atoms with Crippen molar-refractivity contribution in [3.8, 4) is 0 Å². The molecular formula is C24H26F4N2O3S. The molecule has 0 heterocycles. The highest BCUT2D eigenvalue weighted by Gasteiger charge is 2.69. The summed E-state index contributed by atoms with van der Waals surface area (Å²) in [5, 5.41) is 2.60. The number of sulfonamides is 1. The largest absolute Gasteiger partial charge is 0.394 e. The zero-order chi connectivity index (χ0) is 25.1. The summed E-state index contributed by atoms with van der Waals surface area (Å²) in [7, 11) is -4.15. The fraction of sp³-hybridized carbons (Fsp3) is 0.458. The molecule has 1 amide bonds.